The maximum Gasteiger partial charge on any atom is 0.153 e. The van der Waals surface area contributed by atoms with E-state index >= 15 is 0 Å². The van der Waals surface area contributed by atoms with Crippen LogP contribution in [0, 0.1) is 0 Å². The van der Waals surface area contributed by atoms with E-state index in [-0.39, 0.29) is 0 Å². The van der Waals surface area contributed by atoms with Gasteiger partial charge in [0.15, 0.2) is 6.29 Å². The van der Waals surface area contributed by atoms with Gasteiger partial charge in [0.2, 0.25) is 0 Å². The second-order valence-electron chi connectivity index (χ2n) is 1.55. The predicted octanol–water partition coefficient (Wildman–Crippen LogP) is 1.46. The fraction of sp³-hybridized carbons (Fsp3) is 0.125. The van der Waals surface area contributed by atoms with Gasteiger partial charge in [0.25, 0.3) is 0 Å². The first-order valence-electron chi connectivity index (χ1n) is 2.78. The summed E-state index contributed by atoms with van der Waals surface area (Å²) in [5.74, 6) is 0.449. The highest BCUT2D eigenvalue weighted by Gasteiger charge is 1.95. The normalized spacial score (nSPS) is 11.3. The molecule has 0 fully saturated rings. The SMILES string of the molecule is C=C/C(C=O)=C(\C=C)OC. The van der Waals surface area contributed by atoms with Crippen LogP contribution in [-0.4, -0.2) is 13.4 Å². The van der Waals surface area contributed by atoms with Crippen molar-refractivity contribution in [2.45, 2.75) is 0 Å². The summed E-state index contributed by atoms with van der Waals surface area (Å²) in [7, 11) is 1.48. The molecule has 0 aromatic heterocycles. The molecule has 2 nitrogen and oxygen atoms in total. The molecule has 10 heavy (non-hydrogen) atoms. The molecule has 0 N–H and O–H groups in total. The van der Waals surface area contributed by atoms with E-state index in [1.165, 1.54) is 19.3 Å². The molecule has 0 saturated carbocycles. The minimum Gasteiger partial charge on any atom is -0.496 e. The Morgan fingerprint density at radius 2 is 2.00 bits per heavy atom. The van der Waals surface area contributed by atoms with Crippen LogP contribution >= 0.6 is 0 Å². The summed E-state index contributed by atoms with van der Waals surface area (Å²) in [5.41, 5.74) is 0.414. The van der Waals surface area contributed by atoms with Crippen LogP contribution in [0.3, 0.4) is 0 Å². The van der Waals surface area contributed by atoms with E-state index in [0.717, 1.165) is 0 Å². The minimum absolute atomic E-state index is 0.414. The van der Waals surface area contributed by atoms with Gasteiger partial charge in [0.05, 0.1) is 12.7 Å². The predicted molar refractivity (Wildman–Crippen MR) is 40.5 cm³/mol. The van der Waals surface area contributed by atoms with Crippen molar-refractivity contribution in [2.24, 2.45) is 0 Å². The van der Waals surface area contributed by atoms with Crippen LogP contribution in [-0.2, 0) is 9.53 Å². The van der Waals surface area contributed by atoms with Gasteiger partial charge in [-0.25, -0.2) is 0 Å². The fourth-order valence-corrected chi connectivity index (χ4v) is 0.526. The molecule has 0 atom stereocenters. The quantitative estimate of drug-likeness (QED) is 0.254. The van der Waals surface area contributed by atoms with Gasteiger partial charge in [-0.3, -0.25) is 4.79 Å². The van der Waals surface area contributed by atoms with Crippen molar-refractivity contribution in [3.63, 3.8) is 0 Å². The zero-order valence-electron chi connectivity index (χ0n) is 5.96. The van der Waals surface area contributed by atoms with Crippen LogP contribution in [0.2, 0.25) is 0 Å². The lowest BCUT2D eigenvalue weighted by molar-refractivity contribution is -0.104. The third-order valence-corrected chi connectivity index (χ3v) is 1.04. The van der Waals surface area contributed by atoms with Crippen molar-refractivity contribution in [3.05, 3.63) is 36.6 Å². The molecule has 0 heterocycles. The first-order valence-corrected chi connectivity index (χ1v) is 2.78. The van der Waals surface area contributed by atoms with E-state index in [9.17, 15) is 4.79 Å². The number of carbonyl (C=O) groups is 1. The molecule has 0 spiro atoms. The molecule has 0 aromatic carbocycles. The second kappa shape index (κ2) is 4.56. The molecule has 0 radical (unpaired) electrons. The Kier molecular flexibility index (Phi) is 3.96. The largest absolute Gasteiger partial charge is 0.496 e. The highest BCUT2D eigenvalue weighted by Crippen LogP contribution is 2.03. The van der Waals surface area contributed by atoms with Gasteiger partial charge in [-0.15, -0.1) is 0 Å². The summed E-state index contributed by atoms with van der Waals surface area (Å²) in [6, 6.07) is 0. The van der Waals surface area contributed by atoms with Crippen molar-refractivity contribution < 1.29 is 9.53 Å². The third-order valence-electron chi connectivity index (χ3n) is 1.04. The first-order chi connectivity index (χ1) is 4.79. The number of hydrogen-bond acceptors (Lipinski definition) is 2. The second-order valence-corrected chi connectivity index (χ2v) is 1.55. The maximum absolute atomic E-state index is 10.2. The van der Waals surface area contributed by atoms with Crippen molar-refractivity contribution in [1.82, 2.24) is 0 Å². The van der Waals surface area contributed by atoms with Crippen LogP contribution in [0.4, 0.5) is 0 Å². The molecule has 0 aliphatic carbocycles. The Hall–Kier alpha value is -1.31. The zero-order chi connectivity index (χ0) is 7.98. The van der Waals surface area contributed by atoms with Crippen molar-refractivity contribution in [1.29, 1.82) is 0 Å². The van der Waals surface area contributed by atoms with Gasteiger partial charge in [-0.2, -0.15) is 0 Å². The van der Waals surface area contributed by atoms with Crippen LogP contribution in [0.15, 0.2) is 36.6 Å². The summed E-state index contributed by atoms with van der Waals surface area (Å²) >= 11 is 0. The van der Waals surface area contributed by atoms with Crippen LogP contribution in [0.1, 0.15) is 0 Å². The van der Waals surface area contributed by atoms with Gasteiger partial charge in [-0.1, -0.05) is 19.2 Å². The van der Waals surface area contributed by atoms with E-state index in [4.69, 9.17) is 4.74 Å². The van der Waals surface area contributed by atoms with Crippen molar-refractivity contribution >= 4 is 6.29 Å². The molecular formula is C8H10O2. The number of allylic oxidation sites excluding steroid dienone is 3. The summed E-state index contributed by atoms with van der Waals surface area (Å²) in [6.07, 6.45) is 3.56. The summed E-state index contributed by atoms with van der Waals surface area (Å²) < 4.78 is 4.80. The van der Waals surface area contributed by atoms with Gasteiger partial charge < -0.3 is 4.74 Å². The summed E-state index contributed by atoms with van der Waals surface area (Å²) in [4.78, 5) is 10.2. The van der Waals surface area contributed by atoms with Crippen LogP contribution < -0.4 is 0 Å². The van der Waals surface area contributed by atoms with Crippen molar-refractivity contribution in [2.75, 3.05) is 7.11 Å². The van der Waals surface area contributed by atoms with Gasteiger partial charge in [0.1, 0.15) is 5.76 Å². The molecule has 0 rings (SSSR count). The molecule has 0 aromatic rings. The first kappa shape index (κ1) is 8.69. The number of ether oxygens (including phenoxy) is 1. The third kappa shape index (κ3) is 1.90. The summed E-state index contributed by atoms with van der Waals surface area (Å²) in [6.45, 7) is 6.89. The topological polar surface area (TPSA) is 26.3 Å². The van der Waals surface area contributed by atoms with E-state index in [1.54, 1.807) is 0 Å². The van der Waals surface area contributed by atoms with Crippen LogP contribution in [0.25, 0.3) is 0 Å². The Balaban J connectivity index is 4.67. The standard InChI is InChI=1S/C8H10O2/c1-4-7(6-9)8(5-2)10-3/h4-6H,1-2H2,3H3/b8-7-. The Labute approximate surface area is 60.5 Å². The number of rotatable bonds is 4. The smallest absolute Gasteiger partial charge is 0.153 e. The molecule has 0 unspecified atom stereocenters. The summed E-state index contributed by atoms with van der Waals surface area (Å²) in [5, 5.41) is 0. The Bertz CT molecular complexity index is 168. The van der Waals surface area contributed by atoms with E-state index in [0.29, 0.717) is 17.6 Å². The van der Waals surface area contributed by atoms with E-state index in [1.807, 2.05) is 0 Å². The Morgan fingerprint density at radius 1 is 1.40 bits per heavy atom. The van der Waals surface area contributed by atoms with Crippen molar-refractivity contribution in [3.8, 4) is 0 Å². The maximum atomic E-state index is 10.2. The average Bonchev–Trinajstić information content (AvgIpc) is 2.00. The molecule has 0 aliphatic heterocycles. The number of aldehydes is 1. The highest BCUT2D eigenvalue weighted by atomic mass is 16.5. The molecule has 0 bridgehead atoms. The molecule has 0 saturated heterocycles. The zero-order valence-corrected chi connectivity index (χ0v) is 5.96. The molecular weight excluding hydrogens is 128 g/mol. The molecule has 0 aliphatic rings. The van der Waals surface area contributed by atoms with E-state index in [2.05, 4.69) is 13.2 Å². The minimum atomic E-state index is 0.414. The lowest BCUT2D eigenvalue weighted by Crippen LogP contribution is -1.89. The molecule has 2 heteroatoms. The van der Waals surface area contributed by atoms with E-state index < -0.39 is 0 Å². The highest BCUT2D eigenvalue weighted by molar-refractivity contribution is 5.78. The van der Waals surface area contributed by atoms with Gasteiger partial charge >= 0.3 is 0 Å². The molecule has 54 valence electrons. The van der Waals surface area contributed by atoms with Gasteiger partial charge in [0, 0.05) is 0 Å². The fourth-order valence-electron chi connectivity index (χ4n) is 0.526. The number of carbonyl (C=O) groups excluding carboxylic acids is 1. The lowest BCUT2D eigenvalue weighted by atomic mass is 10.2. The number of hydrogen-bond donors (Lipinski definition) is 0. The van der Waals surface area contributed by atoms with Crippen LogP contribution in [0.5, 0.6) is 0 Å². The number of methoxy groups -OCH3 is 1. The monoisotopic (exact) mass is 138 g/mol. The average molecular weight is 138 g/mol. The Morgan fingerprint density at radius 3 is 2.10 bits per heavy atom. The lowest BCUT2D eigenvalue weighted by Gasteiger charge is -1.99. The molecule has 0 amide bonds. The van der Waals surface area contributed by atoms with Gasteiger partial charge in [-0.05, 0) is 6.08 Å².